The van der Waals surface area contributed by atoms with Crippen LogP contribution in [0, 0.1) is 5.82 Å². The average Bonchev–Trinajstić information content (AvgIpc) is 2.47. The maximum atomic E-state index is 13.1. The highest BCUT2D eigenvalue weighted by atomic mass is 19.1. The molecule has 0 aliphatic carbocycles. The smallest absolute Gasteiger partial charge is 0.227 e. The fourth-order valence-corrected chi connectivity index (χ4v) is 2.35. The molecule has 1 aromatic carbocycles. The Bertz CT molecular complexity index is 446. The first kappa shape index (κ1) is 14.9. The van der Waals surface area contributed by atoms with Crippen molar-refractivity contribution >= 4 is 5.91 Å². The fraction of sp³-hybridized carbons (Fsp3) is 0.533. The van der Waals surface area contributed by atoms with Crippen LogP contribution in [0.5, 0.6) is 0 Å². The van der Waals surface area contributed by atoms with Crippen molar-refractivity contribution in [1.82, 2.24) is 15.5 Å². The molecule has 2 rings (SSSR count). The molecular weight excluding hydrogens is 257 g/mol. The lowest BCUT2D eigenvalue weighted by Gasteiger charge is -2.27. The van der Waals surface area contributed by atoms with Crippen LogP contribution in [0.2, 0.25) is 0 Å². The van der Waals surface area contributed by atoms with Gasteiger partial charge in [-0.15, -0.1) is 0 Å². The van der Waals surface area contributed by atoms with Gasteiger partial charge < -0.3 is 10.6 Å². The molecular formula is C15H22FN3O. The summed E-state index contributed by atoms with van der Waals surface area (Å²) >= 11 is 0. The molecule has 1 aliphatic heterocycles. The fourth-order valence-electron chi connectivity index (χ4n) is 2.35. The maximum absolute atomic E-state index is 13.1. The summed E-state index contributed by atoms with van der Waals surface area (Å²) in [4.78, 5) is 14.4. The molecule has 1 saturated heterocycles. The minimum Gasteiger partial charge on any atom is -0.354 e. The summed E-state index contributed by atoms with van der Waals surface area (Å²) in [6, 6.07) is 6.22. The van der Waals surface area contributed by atoms with Crippen molar-refractivity contribution in [1.29, 1.82) is 0 Å². The molecule has 1 aliphatic rings. The molecule has 0 radical (unpaired) electrons. The lowest BCUT2D eigenvalue weighted by molar-refractivity contribution is -0.122. The van der Waals surface area contributed by atoms with Crippen LogP contribution in [0.4, 0.5) is 4.39 Å². The summed E-state index contributed by atoms with van der Waals surface area (Å²) in [5, 5.41) is 6.22. The average molecular weight is 279 g/mol. The van der Waals surface area contributed by atoms with Gasteiger partial charge in [-0.05, 0) is 24.6 Å². The van der Waals surface area contributed by atoms with E-state index < -0.39 is 0 Å². The van der Waals surface area contributed by atoms with E-state index in [2.05, 4.69) is 15.5 Å². The Morgan fingerprint density at radius 2 is 2.20 bits per heavy atom. The van der Waals surface area contributed by atoms with Crippen LogP contribution >= 0.6 is 0 Å². The summed E-state index contributed by atoms with van der Waals surface area (Å²) in [6.07, 6.45) is 0. The molecule has 1 atom stereocenters. The van der Waals surface area contributed by atoms with Gasteiger partial charge in [0.2, 0.25) is 5.91 Å². The first-order valence-corrected chi connectivity index (χ1v) is 7.13. The van der Waals surface area contributed by atoms with Gasteiger partial charge in [0, 0.05) is 39.3 Å². The lowest BCUT2D eigenvalue weighted by Crippen LogP contribution is -2.46. The van der Waals surface area contributed by atoms with Gasteiger partial charge in [0.15, 0.2) is 0 Å². The van der Waals surface area contributed by atoms with Crippen LogP contribution in [0.1, 0.15) is 18.4 Å². The Kier molecular flexibility index (Phi) is 5.49. The van der Waals surface area contributed by atoms with Gasteiger partial charge in [-0.3, -0.25) is 9.69 Å². The lowest BCUT2D eigenvalue weighted by atomic mass is 10.0. The molecule has 0 bridgehead atoms. The molecule has 4 nitrogen and oxygen atoms in total. The minimum atomic E-state index is -0.325. The first-order chi connectivity index (χ1) is 9.66. The second-order valence-electron chi connectivity index (χ2n) is 5.16. The van der Waals surface area contributed by atoms with E-state index >= 15 is 0 Å². The molecule has 110 valence electrons. The van der Waals surface area contributed by atoms with Gasteiger partial charge >= 0.3 is 0 Å². The zero-order valence-electron chi connectivity index (χ0n) is 11.9. The minimum absolute atomic E-state index is 0.0502. The van der Waals surface area contributed by atoms with Gasteiger partial charge in [-0.2, -0.15) is 0 Å². The highest BCUT2D eigenvalue weighted by Crippen LogP contribution is 2.16. The van der Waals surface area contributed by atoms with E-state index in [1.54, 1.807) is 19.1 Å². The summed E-state index contributed by atoms with van der Waals surface area (Å²) < 4.78 is 13.1. The highest BCUT2D eigenvalue weighted by molar-refractivity contribution is 5.83. The second kappa shape index (κ2) is 7.36. The van der Waals surface area contributed by atoms with Crippen molar-refractivity contribution in [3.63, 3.8) is 0 Å². The van der Waals surface area contributed by atoms with Gasteiger partial charge in [0.1, 0.15) is 5.82 Å². The van der Waals surface area contributed by atoms with Crippen molar-refractivity contribution in [3.8, 4) is 0 Å². The Labute approximate surface area is 119 Å². The third kappa shape index (κ3) is 4.28. The molecule has 20 heavy (non-hydrogen) atoms. The summed E-state index contributed by atoms with van der Waals surface area (Å²) in [7, 11) is 0. The Balaban J connectivity index is 1.76. The predicted molar refractivity (Wildman–Crippen MR) is 77.1 cm³/mol. The predicted octanol–water partition coefficient (Wildman–Crippen LogP) is 0.951. The molecule has 1 fully saturated rings. The number of nitrogens with zero attached hydrogens (tertiary/aromatic N) is 1. The standard InChI is InChI=1S/C15H22FN3O/c1-12(13-3-2-4-14(16)11-13)15(20)18-7-10-19-8-5-17-6-9-19/h2-4,11-12,17H,5-10H2,1H3,(H,18,20). The summed E-state index contributed by atoms with van der Waals surface area (Å²) in [5.41, 5.74) is 0.713. The zero-order chi connectivity index (χ0) is 14.4. The summed E-state index contributed by atoms with van der Waals surface area (Å²) in [6.45, 7) is 7.36. The Morgan fingerprint density at radius 3 is 2.90 bits per heavy atom. The van der Waals surface area contributed by atoms with Crippen LogP contribution in [-0.4, -0.2) is 50.1 Å². The molecule has 5 heteroatoms. The number of hydrogen-bond donors (Lipinski definition) is 2. The van der Waals surface area contributed by atoms with E-state index in [0.29, 0.717) is 12.1 Å². The van der Waals surface area contributed by atoms with Crippen LogP contribution in [0.15, 0.2) is 24.3 Å². The van der Waals surface area contributed by atoms with Crippen LogP contribution in [0.3, 0.4) is 0 Å². The van der Waals surface area contributed by atoms with Gasteiger partial charge in [0.05, 0.1) is 5.92 Å². The van der Waals surface area contributed by atoms with E-state index in [0.717, 1.165) is 32.7 Å². The number of amides is 1. The summed E-state index contributed by atoms with van der Waals surface area (Å²) in [5.74, 6) is -0.678. The normalized spacial score (nSPS) is 17.7. The quantitative estimate of drug-likeness (QED) is 0.843. The molecule has 0 saturated carbocycles. The van der Waals surface area contributed by atoms with E-state index in [1.807, 2.05) is 0 Å². The van der Waals surface area contributed by atoms with Crippen LogP contribution in [-0.2, 0) is 4.79 Å². The molecule has 0 aromatic heterocycles. The molecule has 1 aromatic rings. The largest absolute Gasteiger partial charge is 0.354 e. The second-order valence-corrected chi connectivity index (χ2v) is 5.16. The first-order valence-electron chi connectivity index (χ1n) is 7.13. The molecule has 1 heterocycles. The molecule has 1 amide bonds. The van der Waals surface area contributed by atoms with Gasteiger partial charge in [-0.25, -0.2) is 4.39 Å². The number of halogens is 1. The number of piperazine rings is 1. The van der Waals surface area contributed by atoms with Crippen molar-refractivity contribution in [2.75, 3.05) is 39.3 Å². The Morgan fingerprint density at radius 1 is 1.45 bits per heavy atom. The molecule has 0 spiro atoms. The third-order valence-electron chi connectivity index (χ3n) is 3.68. The van der Waals surface area contributed by atoms with E-state index in [-0.39, 0.29) is 17.6 Å². The van der Waals surface area contributed by atoms with Crippen LogP contribution < -0.4 is 10.6 Å². The topological polar surface area (TPSA) is 44.4 Å². The number of nitrogens with one attached hydrogen (secondary N) is 2. The van der Waals surface area contributed by atoms with Crippen molar-refractivity contribution in [3.05, 3.63) is 35.6 Å². The van der Waals surface area contributed by atoms with Gasteiger partial charge in [0.25, 0.3) is 0 Å². The number of carbonyl (C=O) groups is 1. The van der Waals surface area contributed by atoms with Crippen molar-refractivity contribution in [2.45, 2.75) is 12.8 Å². The zero-order valence-corrected chi connectivity index (χ0v) is 11.9. The monoisotopic (exact) mass is 279 g/mol. The molecule has 2 N–H and O–H groups in total. The number of rotatable bonds is 5. The SMILES string of the molecule is CC(C(=O)NCCN1CCNCC1)c1cccc(F)c1. The van der Waals surface area contributed by atoms with Crippen molar-refractivity contribution in [2.24, 2.45) is 0 Å². The van der Waals surface area contributed by atoms with E-state index in [4.69, 9.17) is 0 Å². The molecule has 1 unspecified atom stereocenters. The van der Waals surface area contributed by atoms with E-state index in [1.165, 1.54) is 12.1 Å². The van der Waals surface area contributed by atoms with E-state index in [9.17, 15) is 9.18 Å². The number of hydrogen-bond acceptors (Lipinski definition) is 3. The van der Waals surface area contributed by atoms with Crippen LogP contribution in [0.25, 0.3) is 0 Å². The Hall–Kier alpha value is -1.46. The number of carbonyl (C=O) groups excluding carboxylic acids is 1. The highest BCUT2D eigenvalue weighted by Gasteiger charge is 2.16. The third-order valence-corrected chi connectivity index (χ3v) is 3.68. The van der Waals surface area contributed by atoms with Gasteiger partial charge in [-0.1, -0.05) is 12.1 Å². The van der Waals surface area contributed by atoms with Crippen molar-refractivity contribution < 1.29 is 9.18 Å². The number of benzene rings is 1. The maximum Gasteiger partial charge on any atom is 0.227 e.